The largest absolute Gasteiger partial charge is 0.354 e. The number of carbonyl (C=O) groups is 1. The molecular formula is C13H24N2OS. The highest BCUT2D eigenvalue weighted by molar-refractivity contribution is 8.00. The second-order valence-electron chi connectivity index (χ2n) is 5.53. The van der Waals surface area contributed by atoms with Crippen LogP contribution in [-0.4, -0.2) is 36.0 Å². The lowest BCUT2D eigenvalue weighted by Crippen LogP contribution is -2.48. The summed E-state index contributed by atoms with van der Waals surface area (Å²) in [4.78, 5) is 12.1. The van der Waals surface area contributed by atoms with Crippen molar-refractivity contribution in [3.05, 3.63) is 0 Å². The molecule has 0 aromatic carbocycles. The van der Waals surface area contributed by atoms with Crippen LogP contribution in [0.3, 0.4) is 0 Å². The molecule has 2 N–H and O–H groups in total. The molecule has 1 aliphatic carbocycles. The molecule has 1 heterocycles. The second kappa shape index (κ2) is 5.61. The van der Waals surface area contributed by atoms with Crippen LogP contribution in [0.2, 0.25) is 0 Å². The molecule has 0 spiro atoms. The lowest BCUT2D eigenvalue weighted by Gasteiger charge is -2.41. The zero-order valence-corrected chi connectivity index (χ0v) is 11.7. The molecule has 2 rings (SSSR count). The molecule has 2 atom stereocenters. The van der Waals surface area contributed by atoms with Crippen molar-refractivity contribution in [2.45, 2.75) is 49.8 Å². The monoisotopic (exact) mass is 256 g/mol. The lowest BCUT2D eigenvalue weighted by molar-refractivity contribution is -0.126. The van der Waals surface area contributed by atoms with Crippen molar-refractivity contribution in [2.24, 2.45) is 5.92 Å². The minimum Gasteiger partial charge on any atom is -0.354 e. The summed E-state index contributed by atoms with van der Waals surface area (Å²) in [5.74, 6) is 0.504. The van der Waals surface area contributed by atoms with Gasteiger partial charge >= 0.3 is 0 Å². The quantitative estimate of drug-likeness (QED) is 0.805. The van der Waals surface area contributed by atoms with Gasteiger partial charge in [0.25, 0.3) is 0 Å². The summed E-state index contributed by atoms with van der Waals surface area (Å²) in [5, 5.41) is 6.57. The fourth-order valence-electron chi connectivity index (χ4n) is 2.79. The van der Waals surface area contributed by atoms with Gasteiger partial charge in [-0.15, -0.1) is 0 Å². The van der Waals surface area contributed by atoms with Crippen molar-refractivity contribution < 1.29 is 4.79 Å². The third kappa shape index (κ3) is 3.16. The molecule has 4 heteroatoms. The van der Waals surface area contributed by atoms with Crippen molar-refractivity contribution in [1.29, 1.82) is 0 Å². The molecule has 0 aromatic rings. The van der Waals surface area contributed by atoms with Gasteiger partial charge in [0.15, 0.2) is 0 Å². The Morgan fingerprint density at radius 2 is 2.29 bits per heavy atom. The van der Waals surface area contributed by atoms with Gasteiger partial charge in [-0.2, -0.15) is 11.8 Å². The van der Waals surface area contributed by atoms with E-state index in [1.165, 1.54) is 19.3 Å². The third-order valence-electron chi connectivity index (χ3n) is 4.28. The van der Waals surface area contributed by atoms with Crippen LogP contribution in [0.5, 0.6) is 0 Å². The van der Waals surface area contributed by atoms with E-state index in [1.807, 2.05) is 11.8 Å². The Hall–Kier alpha value is -0.220. The Kier molecular flexibility index (Phi) is 4.36. The molecule has 2 aliphatic rings. The van der Waals surface area contributed by atoms with E-state index >= 15 is 0 Å². The van der Waals surface area contributed by atoms with E-state index in [2.05, 4.69) is 23.8 Å². The minimum absolute atomic E-state index is 0.227. The minimum atomic E-state index is 0.227. The smallest absolute Gasteiger partial charge is 0.223 e. The molecular weight excluding hydrogens is 232 g/mol. The van der Waals surface area contributed by atoms with Crippen molar-refractivity contribution in [1.82, 2.24) is 10.6 Å². The number of carbonyl (C=O) groups excluding carboxylic acids is 1. The lowest BCUT2D eigenvalue weighted by atomic mass is 9.84. The highest BCUT2D eigenvalue weighted by Crippen LogP contribution is 2.42. The maximum atomic E-state index is 12.1. The Morgan fingerprint density at radius 1 is 1.53 bits per heavy atom. The molecule has 3 nitrogen and oxygen atoms in total. The van der Waals surface area contributed by atoms with Crippen LogP contribution in [0.25, 0.3) is 0 Å². The van der Waals surface area contributed by atoms with Crippen molar-refractivity contribution in [3.63, 3.8) is 0 Å². The van der Waals surface area contributed by atoms with Gasteiger partial charge in [0.05, 0.1) is 0 Å². The summed E-state index contributed by atoms with van der Waals surface area (Å²) in [6, 6.07) is 0.484. The summed E-state index contributed by atoms with van der Waals surface area (Å²) in [5.41, 5.74) is 0. The predicted octanol–water partition coefficient (Wildman–Crippen LogP) is 1.78. The first kappa shape index (κ1) is 13.2. The molecule has 0 bridgehead atoms. The Balaban J connectivity index is 1.76. The van der Waals surface area contributed by atoms with Gasteiger partial charge in [-0.05, 0) is 45.4 Å². The van der Waals surface area contributed by atoms with E-state index in [0.29, 0.717) is 10.8 Å². The van der Waals surface area contributed by atoms with E-state index in [9.17, 15) is 4.79 Å². The number of hydrogen-bond donors (Lipinski definition) is 2. The normalized spacial score (nSPS) is 31.6. The zero-order valence-electron chi connectivity index (χ0n) is 10.9. The molecule has 2 unspecified atom stereocenters. The number of piperidine rings is 1. The number of amides is 1. The van der Waals surface area contributed by atoms with Gasteiger partial charge in [-0.3, -0.25) is 4.79 Å². The van der Waals surface area contributed by atoms with Gasteiger partial charge in [-0.1, -0.05) is 6.42 Å². The van der Waals surface area contributed by atoms with Crippen molar-refractivity contribution >= 4 is 17.7 Å². The SMILES string of the molecule is CSC1(CNC(=O)C2CCNC(C)C2)CCC1. The van der Waals surface area contributed by atoms with Crippen molar-refractivity contribution in [2.75, 3.05) is 19.3 Å². The number of rotatable bonds is 4. The summed E-state index contributed by atoms with van der Waals surface area (Å²) in [6.45, 7) is 4.01. The van der Waals surface area contributed by atoms with Crippen LogP contribution in [0.4, 0.5) is 0 Å². The molecule has 1 amide bonds. The number of nitrogens with one attached hydrogen (secondary N) is 2. The topological polar surface area (TPSA) is 41.1 Å². The van der Waals surface area contributed by atoms with Gasteiger partial charge in [0.2, 0.25) is 5.91 Å². The van der Waals surface area contributed by atoms with E-state index in [4.69, 9.17) is 0 Å². The molecule has 98 valence electrons. The van der Waals surface area contributed by atoms with Gasteiger partial charge in [0, 0.05) is 23.3 Å². The van der Waals surface area contributed by atoms with Gasteiger partial charge in [-0.25, -0.2) is 0 Å². The maximum Gasteiger partial charge on any atom is 0.223 e. The maximum absolute atomic E-state index is 12.1. The van der Waals surface area contributed by atoms with E-state index in [-0.39, 0.29) is 11.8 Å². The third-order valence-corrected chi connectivity index (χ3v) is 5.70. The zero-order chi connectivity index (χ0) is 12.3. The van der Waals surface area contributed by atoms with Gasteiger partial charge in [0.1, 0.15) is 0 Å². The Morgan fingerprint density at radius 3 is 2.82 bits per heavy atom. The Labute approximate surface area is 108 Å². The fourth-order valence-corrected chi connectivity index (χ4v) is 3.70. The molecule has 0 radical (unpaired) electrons. The number of thioether (sulfide) groups is 1. The first-order valence-electron chi connectivity index (χ1n) is 6.71. The number of hydrogen-bond acceptors (Lipinski definition) is 3. The second-order valence-corrected chi connectivity index (χ2v) is 6.81. The Bertz CT molecular complexity index is 273. The molecule has 1 saturated carbocycles. The highest BCUT2D eigenvalue weighted by atomic mass is 32.2. The first-order valence-corrected chi connectivity index (χ1v) is 7.94. The van der Waals surface area contributed by atoms with E-state index in [0.717, 1.165) is 25.9 Å². The molecule has 1 aliphatic heterocycles. The molecule has 2 fully saturated rings. The molecule has 1 saturated heterocycles. The fraction of sp³-hybridized carbons (Fsp3) is 0.923. The van der Waals surface area contributed by atoms with Crippen LogP contribution in [0.15, 0.2) is 0 Å². The standard InChI is InChI=1S/C13H24N2OS/c1-10-8-11(4-7-14-10)12(16)15-9-13(17-2)5-3-6-13/h10-11,14H,3-9H2,1-2H3,(H,15,16). The summed E-state index contributed by atoms with van der Waals surface area (Å²) in [6.07, 6.45) is 7.98. The van der Waals surface area contributed by atoms with Crippen LogP contribution >= 0.6 is 11.8 Å². The highest BCUT2D eigenvalue weighted by Gasteiger charge is 2.37. The van der Waals surface area contributed by atoms with E-state index < -0.39 is 0 Å². The van der Waals surface area contributed by atoms with Crippen molar-refractivity contribution in [3.8, 4) is 0 Å². The molecule has 0 aromatic heterocycles. The van der Waals surface area contributed by atoms with Gasteiger partial charge < -0.3 is 10.6 Å². The molecule has 17 heavy (non-hydrogen) atoms. The summed E-state index contributed by atoms with van der Waals surface area (Å²) in [7, 11) is 0. The van der Waals surface area contributed by atoms with Crippen LogP contribution in [0, 0.1) is 5.92 Å². The predicted molar refractivity (Wildman–Crippen MR) is 73.3 cm³/mol. The first-order chi connectivity index (χ1) is 8.15. The van der Waals surface area contributed by atoms with Crippen LogP contribution in [-0.2, 0) is 4.79 Å². The van der Waals surface area contributed by atoms with E-state index in [1.54, 1.807) is 0 Å². The van der Waals surface area contributed by atoms with Crippen LogP contribution in [0.1, 0.15) is 39.0 Å². The summed E-state index contributed by atoms with van der Waals surface area (Å²) < 4.78 is 0.355. The van der Waals surface area contributed by atoms with Crippen LogP contribution < -0.4 is 10.6 Å². The summed E-state index contributed by atoms with van der Waals surface area (Å²) >= 11 is 1.92. The average molecular weight is 256 g/mol. The average Bonchev–Trinajstić information content (AvgIpc) is 2.28.